The minimum absolute atomic E-state index is 0.328. The Labute approximate surface area is 146 Å². The first-order valence-electron chi connectivity index (χ1n) is 8.37. The lowest BCUT2D eigenvalue weighted by Gasteiger charge is -2.37. The lowest BCUT2D eigenvalue weighted by molar-refractivity contribution is -0.0167. The van der Waals surface area contributed by atoms with E-state index in [4.69, 9.17) is 15.2 Å². The molecule has 0 unspecified atom stereocenters. The highest BCUT2D eigenvalue weighted by molar-refractivity contribution is 5.90. The molecule has 3 rings (SSSR count). The van der Waals surface area contributed by atoms with E-state index in [1.165, 1.54) is 0 Å². The fourth-order valence-electron chi connectivity index (χ4n) is 3.06. The summed E-state index contributed by atoms with van der Waals surface area (Å²) < 4.78 is 11.1. The first-order valence-corrected chi connectivity index (χ1v) is 8.37. The van der Waals surface area contributed by atoms with Crippen molar-refractivity contribution in [2.45, 2.75) is 44.8 Å². The van der Waals surface area contributed by atoms with Crippen molar-refractivity contribution >= 4 is 23.7 Å². The highest BCUT2D eigenvalue weighted by Gasteiger charge is 2.48. The van der Waals surface area contributed by atoms with Crippen molar-refractivity contribution in [3.05, 3.63) is 18.3 Å². The minimum atomic E-state index is -0.572. The Morgan fingerprint density at radius 2 is 2.00 bits per heavy atom. The van der Waals surface area contributed by atoms with Crippen molar-refractivity contribution < 1.29 is 19.1 Å². The number of anilines is 2. The standard InChI is InChI=1S/C17H24N4O4/c1-16(2,3)24-14(22)20-8-6-17(7-9-20)11-21(15(23)25-17)12-4-5-13(18)19-10-12/h4-5,10H,6-9,11H2,1-3H3,(H2,18,19). The molecule has 0 radical (unpaired) electrons. The molecule has 25 heavy (non-hydrogen) atoms. The van der Waals surface area contributed by atoms with E-state index in [1.807, 2.05) is 20.8 Å². The van der Waals surface area contributed by atoms with Crippen molar-refractivity contribution in [2.75, 3.05) is 30.3 Å². The molecule has 0 atom stereocenters. The first-order chi connectivity index (χ1) is 11.7. The average Bonchev–Trinajstić information content (AvgIpc) is 2.83. The predicted octanol–water partition coefficient (Wildman–Crippen LogP) is 2.39. The molecule has 2 aliphatic rings. The first kappa shape index (κ1) is 17.3. The largest absolute Gasteiger partial charge is 0.444 e. The number of nitrogens with zero attached hydrogens (tertiary/aromatic N) is 3. The Morgan fingerprint density at radius 1 is 1.32 bits per heavy atom. The molecule has 136 valence electrons. The van der Waals surface area contributed by atoms with Crippen LogP contribution in [0.4, 0.5) is 21.1 Å². The molecule has 8 heteroatoms. The Hall–Kier alpha value is -2.51. The van der Waals surface area contributed by atoms with E-state index in [1.54, 1.807) is 28.1 Å². The summed E-state index contributed by atoms with van der Waals surface area (Å²) in [6, 6.07) is 3.40. The summed E-state index contributed by atoms with van der Waals surface area (Å²) in [5.74, 6) is 0.400. The molecule has 2 aliphatic heterocycles. The summed E-state index contributed by atoms with van der Waals surface area (Å²) in [6.45, 7) is 6.96. The highest BCUT2D eigenvalue weighted by Crippen LogP contribution is 2.35. The average molecular weight is 348 g/mol. The van der Waals surface area contributed by atoms with Gasteiger partial charge in [0.15, 0.2) is 0 Å². The smallest absolute Gasteiger partial charge is 0.415 e. The van der Waals surface area contributed by atoms with Gasteiger partial charge in [-0.2, -0.15) is 0 Å². The molecular formula is C17H24N4O4. The minimum Gasteiger partial charge on any atom is -0.444 e. The molecule has 2 amide bonds. The number of nitrogen functional groups attached to an aromatic ring is 1. The van der Waals surface area contributed by atoms with Crippen molar-refractivity contribution in [3.8, 4) is 0 Å². The van der Waals surface area contributed by atoms with Crippen LogP contribution in [0.3, 0.4) is 0 Å². The number of piperidine rings is 1. The van der Waals surface area contributed by atoms with Gasteiger partial charge in [0, 0.05) is 25.9 Å². The number of amides is 2. The molecule has 1 aromatic heterocycles. The van der Waals surface area contributed by atoms with Gasteiger partial charge in [0.25, 0.3) is 0 Å². The van der Waals surface area contributed by atoms with Crippen LogP contribution < -0.4 is 10.6 Å². The van der Waals surface area contributed by atoms with E-state index < -0.39 is 17.3 Å². The third-order valence-electron chi connectivity index (χ3n) is 4.38. The van der Waals surface area contributed by atoms with Crippen molar-refractivity contribution in [2.24, 2.45) is 0 Å². The van der Waals surface area contributed by atoms with Crippen LogP contribution in [-0.2, 0) is 9.47 Å². The number of hydrogen-bond donors (Lipinski definition) is 1. The van der Waals surface area contributed by atoms with Gasteiger partial charge in [-0.15, -0.1) is 0 Å². The van der Waals surface area contributed by atoms with Crippen LogP contribution in [0.5, 0.6) is 0 Å². The summed E-state index contributed by atoms with van der Waals surface area (Å²) in [5, 5.41) is 0. The Balaban J connectivity index is 1.63. The van der Waals surface area contributed by atoms with E-state index in [9.17, 15) is 9.59 Å². The molecule has 1 aromatic rings. The van der Waals surface area contributed by atoms with Gasteiger partial charge in [-0.05, 0) is 32.9 Å². The zero-order valence-electron chi connectivity index (χ0n) is 14.8. The molecule has 8 nitrogen and oxygen atoms in total. The third kappa shape index (κ3) is 3.78. The van der Waals surface area contributed by atoms with Gasteiger partial charge in [0.2, 0.25) is 0 Å². The van der Waals surface area contributed by atoms with E-state index in [2.05, 4.69) is 4.98 Å². The van der Waals surface area contributed by atoms with E-state index in [-0.39, 0.29) is 6.09 Å². The van der Waals surface area contributed by atoms with E-state index in [0.29, 0.717) is 44.0 Å². The van der Waals surface area contributed by atoms with Gasteiger partial charge in [-0.25, -0.2) is 14.6 Å². The quantitative estimate of drug-likeness (QED) is 0.837. The normalized spacial score (nSPS) is 19.9. The third-order valence-corrected chi connectivity index (χ3v) is 4.38. The van der Waals surface area contributed by atoms with Crippen molar-refractivity contribution in [3.63, 3.8) is 0 Å². The van der Waals surface area contributed by atoms with Crippen LogP contribution in [0.1, 0.15) is 33.6 Å². The maximum absolute atomic E-state index is 12.3. The number of nitrogens with two attached hydrogens (primary N) is 1. The molecular weight excluding hydrogens is 324 g/mol. The van der Waals surface area contributed by atoms with Gasteiger partial charge in [-0.3, -0.25) is 4.90 Å². The topological polar surface area (TPSA) is 98.0 Å². The summed E-state index contributed by atoms with van der Waals surface area (Å²) in [7, 11) is 0. The molecule has 2 N–H and O–H groups in total. The molecule has 0 aliphatic carbocycles. The maximum atomic E-state index is 12.3. The summed E-state index contributed by atoms with van der Waals surface area (Å²) in [6.07, 6.45) is 2.00. The number of hydrogen-bond acceptors (Lipinski definition) is 6. The summed E-state index contributed by atoms with van der Waals surface area (Å²) in [5.41, 5.74) is 5.15. The maximum Gasteiger partial charge on any atom is 0.415 e. The molecule has 0 aromatic carbocycles. The fraction of sp³-hybridized carbons (Fsp3) is 0.588. The second-order valence-corrected chi connectivity index (χ2v) is 7.55. The van der Waals surface area contributed by atoms with Crippen LogP contribution in [0.25, 0.3) is 0 Å². The summed E-state index contributed by atoms with van der Waals surface area (Å²) in [4.78, 5) is 31.7. The Bertz CT molecular complexity index is 660. The van der Waals surface area contributed by atoms with Crippen LogP contribution in [0.2, 0.25) is 0 Å². The lowest BCUT2D eigenvalue weighted by Crippen LogP contribution is -2.49. The van der Waals surface area contributed by atoms with Gasteiger partial charge in [0.1, 0.15) is 17.0 Å². The Morgan fingerprint density at radius 3 is 2.56 bits per heavy atom. The number of carbonyl (C=O) groups is 2. The monoisotopic (exact) mass is 348 g/mol. The molecule has 0 saturated carbocycles. The Kier molecular flexibility index (Phi) is 4.22. The highest BCUT2D eigenvalue weighted by atomic mass is 16.6. The van der Waals surface area contributed by atoms with E-state index in [0.717, 1.165) is 0 Å². The number of pyridine rings is 1. The number of carbonyl (C=O) groups excluding carboxylic acids is 2. The van der Waals surface area contributed by atoms with Crippen molar-refractivity contribution in [1.82, 2.24) is 9.88 Å². The fourth-order valence-corrected chi connectivity index (χ4v) is 3.06. The van der Waals surface area contributed by atoms with Crippen LogP contribution in [0, 0.1) is 0 Å². The molecule has 2 fully saturated rings. The van der Waals surface area contributed by atoms with Crippen LogP contribution >= 0.6 is 0 Å². The van der Waals surface area contributed by atoms with Gasteiger partial charge < -0.3 is 20.1 Å². The second kappa shape index (κ2) is 6.09. The number of aromatic nitrogens is 1. The van der Waals surface area contributed by atoms with Crippen LogP contribution in [-0.4, -0.2) is 52.9 Å². The predicted molar refractivity (Wildman–Crippen MR) is 92.2 cm³/mol. The zero-order valence-corrected chi connectivity index (χ0v) is 14.8. The zero-order chi connectivity index (χ0) is 18.2. The van der Waals surface area contributed by atoms with Gasteiger partial charge in [0.05, 0.1) is 18.4 Å². The number of rotatable bonds is 1. The SMILES string of the molecule is CC(C)(C)OC(=O)N1CCC2(CC1)CN(c1ccc(N)nc1)C(=O)O2. The van der Waals surface area contributed by atoms with Crippen molar-refractivity contribution in [1.29, 1.82) is 0 Å². The van der Waals surface area contributed by atoms with Gasteiger partial charge >= 0.3 is 12.2 Å². The van der Waals surface area contributed by atoms with E-state index >= 15 is 0 Å². The van der Waals surface area contributed by atoms with Crippen LogP contribution in [0.15, 0.2) is 18.3 Å². The molecule has 2 saturated heterocycles. The molecule has 1 spiro atoms. The lowest BCUT2D eigenvalue weighted by atomic mass is 9.91. The number of likely N-dealkylation sites (tertiary alicyclic amines) is 1. The molecule has 0 bridgehead atoms. The number of ether oxygens (including phenoxy) is 2. The van der Waals surface area contributed by atoms with Gasteiger partial charge in [-0.1, -0.05) is 0 Å². The molecule has 3 heterocycles. The summed E-state index contributed by atoms with van der Waals surface area (Å²) >= 11 is 0. The second-order valence-electron chi connectivity index (χ2n) is 7.55.